The van der Waals surface area contributed by atoms with E-state index in [2.05, 4.69) is 36.0 Å². The maximum absolute atomic E-state index is 6.10. The molecule has 3 rings (SSSR count). The maximum Gasteiger partial charge on any atom is 0.231 e. The SMILES string of the molecule is CN(C)CC1CCCN1C(CN)c1ccc2c(c1)OCO2. The molecule has 0 aromatic heterocycles. The third-order valence-electron chi connectivity index (χ3n) is 4.40. The molecule has 1 saturated heterocycles. The van der Waals surface area contributed by atoms with Crippen molar-refractivity contribution in [1.29, 1.82) is 0 Å². The van der Waals surface area contributed by atoms with E-state index in [1.165, 1.54) is 18.4 Å². The summed E-state index contributed by atoms with van der Waals surface area (Å²) in [5.74, 6) is 1.68. The van der Waals surface area contributed by atoms with Crippen molar-refractivity contribution in [3.05, 3.63) is 23.8 Å². The van der Waals surface area contributed by atoms with Gasteiger partial charge in [-0.1, -0.05) is 6.07 Å². The molecule has 0 bridgehead atoms. The number of rotatable bonds is 5. The van der Waals surface area contributed by atoms with Crippen molar-refractivity contribution < 1.29 is 9.47 Å². The van der Waals surface area contributed by atoms with E-state index in [1.807, 2.05) is 6.07 Å². The maximum atomic E-state index is 6.10. The van der Waals surface area contributed by atoms with Crippen molar-refractivity contribution in [3.63, 3.8) is 0 Å². The Hall–Kier alpha value is -1.30. The first-order chi connectivity index (χ1) is 10.2. The Labute approximate surface area is 126 Å². The molecule has 0 spiro atoms. The van der Waals surface area contributed by atoms with Crippen molar-refractivity contribution in [1.82, 2.24) is 9.80 Å². The van der Waals surface area contributed by atoms with E-state index >= 15 is 0 Å². The van der Waals surface area contributed by atoms with Gasteiger partial charge in [-0.3, -0.25) is 4.90 Å². The fourth-order valence-corrected chi connectivity index (χ4v) is 3.47. The smallest absolute Gasteiger partial charge is 0.231 e. The number of hydrogen-bond acceptors (Lipinski definition) is 5. The zero-order chi connectivity index (χ0) is 14.8. The summed E-state index contributed by atoms with van der Waals surface area (Å²) in [6.45, 7) is 3.15. The van der Waals surface area contributed by atoms with Crippen molar-refractivity contribution in [2.75, 3.05) is 40.5 Å². The predicted molar refractivity (Wildman–Crippen MR) is 82.6 cm³/mol. The normalized spacial score (nSPS) is 23.0. The van der Waals surface area contributed by atoms with Crippen LogP contribution in [0.4, 0.5) is 0 Å². The Balaban J connectivity index is 1.80. The molecule has 2 atom stereocenters. The van der Waals surface area contributed by atoms with E-state index in [4.69, 9.17) is 15.2 Å². The van der Waals surface area contributed by atoms with Gasteiger partial charge in [0.05, 0.1) is 0 Å². The molecule has 2 aliphatic rings. The molecule has 0 saturated carbocycles. The highest BCUT2D eigenvalue weighted by atomic mass is 16.7. The average molecular weight is 291 g/mol. The number of ether oxygens (including phenoxy) is 2. The van der Waals surface area contributed by atoms with Crippen molar-refractivity contribution >= 4 is 0 Å². The van der Waals surface area contributed by atoms with Gasteiger partial charge in [0.1, 0.15) is 0 Å². The topological polar surface area (TPSA) is 51.0 Å². The fourth-order valence-electron chi connectivity index (χ4n) is 3.47. The second kappa shape index (κ2) is 6.22. The van der Waals surface area contributed by atoms with Crippen LogP contribution in [0.15, 0.2) is 18.2 Å². The standard InChI is InChI=1S/C16H25N3O2/c1-18(2)10-13-4-3-7-19(13)14(9-17)12-5-6-15-16(8-12)21-11-20-15/h5-6,8,13-14H,3-4,7,9-11,17H2,1-2H3. The van der Waals surface area contributed by atoms with Crippen LogP contribution in [0.5, 0.6) is 11.5 Å². The van der Waals surface area contributed by atoms with Crippen LogP contribution in [-0.4, -0.2) is 56.4 Å². The molecule has 0 aliphatic carbocycles. The lowest BCUT2D eigenvalue weighted by Crippen LogP contribution is -2.42. The summed E-state index contributed by atoms with van der Waals surface area (Å²) in [6.07, 6.45) is 2.50. The third kappa shape index (κ3) is 3.00. The first-order valence-electron chi connectivity index (χ1n) is 7.69. The van der Waals surface area contributed by atoms with Crippen molar-refractivity contribution in [2.24, 2.45) is 5.73 Å². The number of hydrogen-bond donors (Lipinski definition) is 1. The summed E-state index contributed by atoms with van der Waals surface area (Å²) in [7, 11) is 4.27. The summed E-state index contributed by atoms with van der Waals surface area (Å²) in [5.41, 5.74) is 7.32. The second-order valence-electron chi connectivity index (χ2n) is 6.16. The Morgan fingerprint density at radius 3 is 2.90 bits per heavy atom. The van der Waals surface area contributed by atoms with Crippen LogP contribution in [0.3, 0.4) is 0 Å². The molecule has 2 unspecified atom stereocenters. The molecule has 21 heavy (non-hydrogen) atoms. The van der Waals surface area contributed by atoms with Gasteiger partial charge in [0, 0.05) is 25.2 Å². The molecule has 5 nitrogen and oxygen atoms in total. The molecule has 2 heterocycles. The third-order valence-corrected chi connectivity index (χ3v) is 4.40. The molecular weight excluding hydrogens is 266 g/mol. The van der Waals surface area contributed by atoms with Crippen molar-refractivity contribution in [2.45, 2.75) is 24.9 Å². The first kappa shape index (κ1) is 14.6. The average Bonchev–Trinajstić information content (AvgIpc) is 3.08. The molecule has 1 aromatic carbocycles. The van der Waals surface area contributed by atoms with E-state index in [1.54, 1.807) is 0 Å². The lowest BCUT2D eigenvalue weighted by atomic mass is 10.0. The Kier molecular flexibility index (Phi) is 4.33. The molecule has 1 fully saturated rings. The lowest BCUT2D eigenvalue weighted by molar-refractivity contribution is 0.155. The van der Waals surface area contributed by atoms with Gasteiger partial charge in [0.2, 0.25) is 6.79 Å². The molecule has 1 aromatic rings. The van der Waals surface area contributed by atoms with E-state index in [0.717, 1.165) is 24.6 Å². The highest BCUT2D eigenvalue weighted by Gasteiger charge is 2.31. The summed E-state index contributed by atoms with van der Waals surface area (Å²) in [6, 6.07) is 7.05. The van der Waals surface area contributed by atoms with Gasteiger partial charge < -0.3 is 20.1 Å². The Morgan fingerprint density at radius 2 is 2.14 bits per heavy atom. The van der Waals surface area contributed by atoms with Crippen molar-refractivity contribution in [3.8, 4) is 11.5 Å². The number of benzene rings is 1. The monoisotopic (exact) mass is 291 g/mol. The zero-order valence-corrected chi connectivity index (χ0v) is 12.9. The highest BCUT2D eigenvalue weighted by molar-refractivity contribution is 5.45. The van der Waals surface area contributed by atoms with E-state index < -0.39 is 0 Å². The summed E-state index contributed by atoms with van der Waals surface area (Å²) >= 11 is 0. The summed E-state index contributed by atoms with van der Waals surface area (Å²) in [5, 5.41) is 0. The predicted octanol–water partition coefficient (Wildman–Crippen LogP) is 1.44. The molecule has 0 amide bonds. The van der Waals surface area contributed by atoms with Gasteiger partial charge in [-0.15, -0.1) is 0 Å². The zero-order valence-electron chi connectivity index (χ0n) is 12.9. The molecule has 5 heteroatoms. The van der Waals surface area contributed by atoms with Crippen LogP contribution >= 0.6 is 0 Å². The van der Waals surface area contributed by atoms with Crippen LogP contribution in [0.2, 0.25) is 0 Å². The quantitative estimate of drug-likeness (QED) is 0.889. The van der Waals surface area contributed by atoms with Gasteiger partial charge in [-0.2, -0.15) is 0 Å². The van der Waals surface area contributed by atoms with Crippen LogP contribution < -0.4 is 15.2 Å². The fraction of sp³-hybridized carbons (Fsp3) is 0.625. The molecule has 0 radical (unpaired) electrons. The molecule has 2 N–H and O–H groups in total. The summed E-state index contributed by atoms with van der Waals surface area (Å²) < 4.78 is 10.9. The van der Waals surface area contributed by atoms with Gasteiger partial charge in [-0.25, -0.2) is 0 Å². The molecule has 116 valence electrons. The van der Waals surface area contributed by atoms with Crippen LogP contribution in [0.25, 0.3) is 0 Å². The molecular formula is C16H25N3O2. The largest absolute Gasteiger partial charge is 0.454 e. The Morgan fingerprint density at radius 1 is 1.33 bits per heavy atom. The van der Waals surface area contributed by atoms with Gasteiger partial charge in [0.25, 0.3) is 0 Å². The minimum atomic E-state index is 0.256. The van der Waals surface area contributed by atoms with E-state index in [0.29, 0.717) is 19.4 Å². The van der Waals surface area contributed by atoms with Gasteiger partial charge >= 0.3 is 0 Å². The van der Waals surface area contributed by atoms with Crippen LogP contribution in [0.1, 0.15) is 24.4 Å². The highest BCUT2D eigenvalue weighted by Crippen LogP contribution is 2.37. The van der Waals surface area contributed by atoms with E-state index in [9.17, 15) is 0 Å². The van der Waals surface area contributed by atoms with Gasteiger partial charge in [-0.05, 0) is 51.2 Å². The number of nitrogens with two attached hydrogens (primary N) is 1. The van der Waals surface area contributed by atoms with E-state index in [-0.39, 0.29) is 6.04 Å². The Bertz CT molecular complexity index is 492. The van der Waals surface area contributed by atoms with Gasteiger partial charge in [0.15, 0.2) is 11.5 Å². The number of likely N-dealkylation sites (tertiary alicyclic amines) is 1. The lowest BCUT2D eigenvalue weighted by Gasteiger charge is -2.34. The number of fused-ring (bicyclic) bond motifs is 1. The summed E-state index contributed by atoms with van der Waals surface area (Å²) in [4.78, 5) is 4.81. The minimum absolute atomic E-state index is 0.256. The molecule has 2 aliphatic heterocycles. The van der Waals surface area contributed by atoms with Crippen LogP contribution in [-0.2, 0) is 0 Å². The second-order valence-corrected chi connectivity index (χ2v) is 6.16. The first-order valence-corrected chi connectivity index (χ1v) is 7.69. The number of likely N-dealkylation sites (N-methyl/N-ethyl adjacent to an activating group) is 1. The minimum Gasteiger partial charge on any atom is -0.454 e. The van der Waals surface area contributed by atoms with Crippen LogP contribution in [0, 0.1) is 0 Å². The number of nitrogens with zero attached hydrogens (tertiary/aromatic N) is 2.